The predicted molar refractivity (Wildman–Crippen MR) is 94.4 cm³/mol. The normalized spacial score (nSPS) is 17.4. The van der Waals surface area contributed by atoms with Crippen molar-refractivity contribution in [3.8, 4) is 0 Å². The molecule has 0 unspecified atom stereocenters. The van der Waals surface area contributed by atoms with Gasteiger partial charge in [0, 0.05) is 28.8 Å². The Balaban J connectivity index is 1.68. The average Bonchev–Trinajstić information content (AvgIpc) is 2.92. The lowest BCUT2D eigenvalue weighted by Crippen LogP contribution is -2.28. The molecule has 0 radical (unpaired) electrons. The van der Waals surface area contributed by atoms with Gasteiger partial charge in [0.2, 0.25) is 11.8 Å². The molecule has 23 heavy (non-hydrogen) atoms. The number of hydrogen-bond acceptors (Lipinski definition) is 2. The zero-order valence-corrected chi connectivity index (χ0v) is 14.3. The molecule has 1 fully saturated rings. The Bertz CT molecular complexity index is 726. The van der Waals surface area contributed by atoms with Crippen molar-refractivity contribution in [2.24, 2.45) is 5.92 Å². The van der Waals surface area contributed by atoms with Gasteiger partial charge >= 0.3 is 0 Å². The molecule has 2 amide bonds. The van der Waals surface area contributed by atoms with Gasteiger partial charge in [-0.05, 0) is 43.3 Å². The third-order valence-electron chi connectivity index (χ3n) is 3.95. The number of carbonyl (C=O) groups is 2. The first kappa shape index (κ1) is 15.7. The topological polar surface area (TPSA) is 49.4 Å². The number of aryl methyl sites for hydroxylation is 1. The molecule has 1 aliphatic heterocycles. The van der Waals surface area contributed by atoms with Crippen LogP contribution in [0.1, 0.15) is 12.0 Å². The van der Waals surface area contributed by atoms with Crippen molar-refractivity contribution in [3.63, 3.8) is 0 Å². The Morgan fingerprint density at radius 2 is 1.78 bits per heavy atom. The van der Waals surface area contributed by atoms with Gasteiger partial charge in [0.15, 0.2) is 0 Å². The van der Waals surface area contributed by atoms with Gasteiger partial charge in [-0.3, -0.25) is 9.59 Å². The molecule has 0 bridgehead atoms. The Kier molecular flexibility index (Phi) is 4.48. The lowest BCUT2D eigenvalue weighted by Gasteiger charge is -2.17. The van der Waals surface area contributed by atoms with Crippen molar-refractivity contribution in [3.05, 3.63) is 58.6 Å². The number of anilines is 2. The lowest BCUT2D eigenvalue weighted by molar-refractivity contribution is -0.122. The highest BCUT2D eigenvalue weighted by Crippen LogP contribution is 2.26. The summed E-state index contributed by atoms with van der Waals surface area (Å²) in [6.45, 7) is 2.42. The SMILES string of the molecule is Cc1ccc(N2C[C@@H](C(=O)Nc3ccc(Br)cc3)CC2=O)cc1. The first-order valence-electron chi connectivity index (χ1n) is 7.46. The summed E-state index contributed by atoms with van der Waals surface area (Å²) in [4.78, 5) is 26.3. The van der Waals surface area contributed by atoms with Gasteiger partial charge in [0.05, 0.1) is 5.92 Å². The number of halogens is 1. The molecule has 0 aliphatic carbocycles. The van der Waals surface area contributed by atoms with E-state index in [1.165, 1.54) is 0 Å². The van der Waals surface area contributed by atoms with E-state index in [2.05, 4.69) is 21.2 Å². The van der Waals surface area contributed by atoms with E-state index in [9.17, 15) is 9.59 Å². The summed E-state index contributed by atoms with van der Waals surface area (Å²) in [6, 6.07) is 15.2. The molecule has 2 aromatic carbocycles. The maximum Gasteiger partial charge on any atom is 0.229 e. The molecule has 5 heteroatoms. The van der Waals surface area contributed by atoms with E-state index < -0.39 is 0 Å². The Morgan fingerprint density at radius 3 is 2.43 bits per heavy atom. The summed E-state index contributed by atoms with van der Waals surface area (Å²) in [5.74, 6) is -0.451. The van der Waals surface area contributed by atoms with Crippen molar-refractivity contribution in [1.82, 2.24) is 0 Å². The fraction of sp³-hybridized carbons (Fsp3) is 0.222. The minimum absolute atomic E-state index is 0.00944. The first-order valence-corrected chi connectivity index (χ1v) is 8.26. The highest BCUT2D eigenvalue weighted by molar-refractivity contribution is 9.10. The maximum atomic E-state index is 12.4. The molecule has 0 saturated carbocycles. The van der Waals surface area contributed by atoms with E-state index in [0.717, 1.165) is 21.4 Å². The summed E-state index contributed by atoms with van der Waals surface area (Å²) in [6.07, 6.45) is 0.246. The second-order valence-corrected chi connectivity index (χ2v) is 6.65. The van der Waals surface area contributed by atoms with Crippen molar-refractivity contribution in [2.45, 2.75) is 13.3 Å². The summed E-state index contributed by atoms with van der Waals surface area (Å²) >= 11 is 3.36. The maximum absolute atomic E-state index is 12.4. The molecule has 4 nitrogen and oxygen atoms in total. The largest absolute Gasteiger partial charge is 0.326 e. The van der Waals surface area contributed by atoms with Crippen LogP contribution in [0.5, 0.6) is 0 Å². The van der Waals surface area contributed by atoms with Crippen LogP contribution in [0.2, 0.25) is 0 Å². The van der Waals surface area contributed by atoms with Crippen LogP contribution < -0.4 is 10.2 Å². The summed E-state index contributed by atoms with van der Waals surface area (Å²) in [5, 5.41) is 2.87. The zero-order valence-electron chi connectivity index (χ0n) is 12.8. The van der Waals surface area contributed by atoms with Gasteiger partial charge in [-0.15, -0.1) is 0 Å². The number of hydrogen-bond donors (Lipinski definition) is 1. The van der Waals surface area contributed by atoms with Crippen LogP contribution in [0.25, 0.3) is 0 Å². The minimum Gasteiger partial charge on any atom is -0.326 e. The fourth-order valence-corrected chi connectivity index (χ4v) is 2.90. The number of nitrogens with zero attached hydrogens (tertiary/aromatic N) is 1. The van der Waals surface area contributed by atoms with Gasteiger partial charge in [-0.2, -0.15) is 0 Å². The van der Waals surface area contributed by atoms with Crippen LogP contribution >= 0.6 is 15.9 Å². The fourth-order valence-electron chi connectivity index (χ4n) is 2.63. The standard InChI is InChI=1S/C18H17BrN2O2/c1-12-2-8-16(9-3-12)21-11-13(10-17(21)22)18(23)20-15-6-4-14(19)5-7-15/h2-9,13H,10-11H2,1H3,(H,20,23)/t13-/m0/s1. The monoisotopic (exact) mass is 372 g/mol. The molecule has 2 aromatic rings. The summed E-state index contributed by atoms with van der Waals surface area (Å²) in [7, 11) is 0. The Hall–Kier alpha value is -2.14. The molecule has 0 aromatic heterocycles. The molecule has 0 spiro atoms. The van der Waals surface area contributed by atoms with Crippen LogP contribution in [0.3, 0.4) is 0 Å². The number of amides is 2. The number of nitrogens with one attached hydrogen (secondary N) is 1. The van der Waals surface area contributed by atoms with E-state index in [1.54, 1.807) is 4.90 Å². The quantitative estimate of drug-likeness (QED) is 0.891. The van der Waals surface area contributed by atoms with E-state index in [4.69, 9.17) is 0 Å². The first-order chi connectivity index (χ1) is 11.0. The van der Waals surface area contributed by atoms with Crippen molar-refractivity contribution in [2.75, 3.05) is 16.8 Å². The minimum atomic E-state index is -0.326. The molecule has 1 atom stereocenters. The van der Waals surface area contributed by atoms with Crippen LogP contribution in [0.4, 0.5) is 11.4 Å². The smallest absolute Gasteiger partial charge is 0.229 e. The van der Waals surface area contributed by atoms with Crippen molar-refractivity contribution < 1.29 is 9.59 Å². The summed E-state index contributed by atoms with van der Waals surface area (Å²) < 4.78 is 0.956. The van der Waals surface area contributed by atoms with Crippen LogP contribution in [-0.4, -0.2) is 18.4 Å². The second-order valence-electron chi connectivity index (χ2n) is 5.74. The summed E-state index contributed by atoms with van der Waals surface area (Å²) in [5.41, 5.74) is 2.73. The van der Waals surface area contributed by atoms with Gasteiger partial charge < -0.3 is 10.2 Å². The third kappa shape index (κ3) is 3.62. The number of carbonyl (C=O) groups excluding carboxylic acids is 2. The Labute approximate surface area is 143 Å². The second kappa shape index (κ2) is 6.54. The van der Waals surface area contributed by atoms with Crippen molar-refractivity contribution >= 4 is 39.1 Å². The van der Waals surface area contributed by atoms with Gasteiger partial charge in [0.25, 0.3) is 0 Å². The molecule has 1 aliphatic rings. The van der Waals surface area contributed by atoms with E-state index >= 15 is 0 Å². The average molecular weight is 373 g/mol. The molecular weight excluding hydrogens is 356 g/mol. The molecule has 1 heterocycles. The predicted octanol–water partition coefficient (Wildman–Crippen LogP) is 3.75. The van der Waals surface area contributed by atoms with Crippen molar-refractivity contribution in [1.29, 1.82) is 0 Å². The molecular formula is C18H17BrN2O2. The van der Waals surface area contributed by atoms with Crippen LogP contribution in [-0.2, 0) is 9.59 Å². The van der Waals surface area contributed by atoms with Gasteiger partial charge in [-0.25, -0.2) is 0 Å². The Morgan fingerprint density at radius 1 is 1.13 bits per heavy atom. The lowest BCUT2D eigenvalue weighted by atomic mass is 10.1. The zero-order chi connectivity index (χ0) is 16.4. The van der Waals surface area contributed by atoms with Gasteiger partial charge in [-0.1, -0.05) is 33.6 Å². The highest BCUT2D eigenvalue weighted by atomic mass is 79.9. The highest BCUT2D eigenvalue weighted by Gasteiger charge is 2.35. The number of benzene rings is 2. The molecule has 1 N–H and O–H groups in total. The molecule has 118 valence electrons. The van der Waals surface area contributed by atoms with Gasteiger partial charge in [0.1, 0.15) is 0 Å². The molecule has 1 saturated heterocycles. The van der Waals surface area contributed by atoms with E-state index in [1.807, 2.05) is 55.5 Å². The van der Waals surface area contributed by atoms with Crippen LogP contribution in [0.15, 0.2) is 53.0 Å². The van der Waals surface area contributed by atoms with E-state index in [-0.39, 0.29) is 24.2 Å². The number of rotatable bonds is 3. The van der Waals surface area contributed by atoms with Crippen LogP contribution in [0, 0.1) is 12.8 Å². The molecule has 3 rings (SSSR count). The van der Waals surface area contributed by atoms with E-state index in [0.29, 0.717) is 6.54 Å². The third-order valence-corrected chi connectivity index (χ3v) is 4.48.